The van der Waals surface area contributed by atoms with Crippen LogP contribution in [-0.4, -0.2) is 32.9 Å². The maximum Gasteiger partial charge on any atom is 0.263 e. The molecule has 5 nitrogen and oxygen atoms in total. The van der Waals surface area contributed by atoms with Crippen molar-refractivity contribution in [3.8, 4) is 0 Å². The summed E-state index contributed by atoms with van der Waals surface area (Å²) >= 11 is 1.27. The standard InChI is InChI=1S/C9H14N2O3S2/c1-16(13,14)6-2-4-11-9(12)8-7(10)3-5-15-8/h3,5H,2,4,6,10H2,1H3,(H,11,12). The SMILES string of the molecule is CS(=O)(=O)CCCNC(=O)c1sccc1N. The van der Waals surface area contributed by atoms with Crippen molar-refractivity contribution in [2.75, 3.05) is 24.3 Å². The monoisotopic (exact) mass is 262 g/mol. The van der Waals surface area contributed by atoms with Gasteiger partial charge in [0.25, 0.3) is 5.91 Å². The Balaban J connectivity index is 2.35. The molecular formula is C9H14N2O3S2. The first kappa shape index (κ1) is 13.0. The summed E-state index contributed by atoms with van der Waals surface area (Å²) in [5, 5.41) is 4.36. The van der Waals surface area contributed by atoms with Crippen LogP contribution in [0.1, 0.15) is 16.1 Å². The third-order valence-corrected chi connectivity index (χ3v) is 3.84. The molecule has 1 aromatic heterocycles. The highest BCUT2D eigenvalue weighted by Crippen LogP contribution is 2.18. The van der Waals surface area contributed by atoms with E-state index >= 15 is 0 Å². The Morgan fingerprint density at radius 3 is 2.75 bits per heavy atom. The Morgan fingerprint density at radius 1 is 1.56 bits per heavy atom. The molecule has 0 saturated heterocycles. The summed E-state index contributed by atoms with van der Waals surface area (Å²) < 4.78 is 21.7. The van der Waals surface area contributed by atoms with Crippen LogP contribution in [-0.2, 0) is 9.84 Å². The van der Waals surface area contributed by atoms with E-state index < -0.39 is 9.84 Å². The summed E-state index contributed by atoms with van der Waals surface area (Å²) in [6, 6.07) is 1.66. The van der Waals surface area contributed by atoms with Gasteiger partial charge in [0, 0.05) is 12.8 Å². The van der Waals surface area contributed by atoms with E-state index in [2.05, 4.69) is 5.32 Å². The van der Waals surface area contributed by atoms with Crippen LogP contribution < -0.4 is 11.1 Å². The molecule has 0 aliphatic rings. The normalized spacial score (nSPS) is 11.3. The van der Waals surface area contributed by atoms with Gasteiger partial charge >= 0.3 is 0 Å². The van der Waals surface area contributed by atoms with Crippen LogP contribution in [0.25, 0.3) is 0 Å². The fourth-order valence-electron chi connectivity index (χ4n) is 1.12. The number of carbonyl (C=O) groups excluding carboxylic acids is 1. The minimum atomic E-state index is -2.96. The molecule has 0 spiro atoms. The van der Waals surface area contributed by atoms with Crippen molar-refractivity contribution in [3.63, 3.8) is 0 Å². The van der Waals surface area contributed by atoms with Crippen LogP contribution in [0.15, 0.2) is 11.4 Å². The zero-order valence-electron chi connectivity index (χ0n) is 8.89. The van der Waals surface area contributed by atoms with Gasteiger partial charge in [-0.3, -0.25) is 4.79 Å². The molecular weight excluding hydrogens is 248 g/mol. The summed E-state index contributed by atoms with van der Waals surface area (Å²) in [4.78, 5) is 12.0. The van der Waals surface area contributed by atoms with E-state index in [4.69, 9.17) is 5.73 Å². The summed E-state index contributed by atoms with van der Waals surface area (Å²) in [6.07, 6.45) is 1.59. The first-order chi connectivity index (χ1) is 7.40. The molecule has 0 aliphatic heterocycles. The van der Waals surface area contributed by atoms with Crippen molar-refractivity contribution >= 4 is 32.8 Å². The van der Waals surface area contributed by atoms with Crippen molar-refractivity contribution in [2.24, 2.45) is 0 Å². The van der Waals surface area contributed by atoms with Crippen LogP contribution in [0.2, 0.25) is 0 Å². The summed E-state index contributed by atoms with van der Waals surface area (Å²) in [6.45, 7) is 0.337. The average molecular weight is 262 g/mol. The van der Waals surface area contributed by atoms with E-state index in [0.29, 0.717) is 23.5 Å². The maximum absolute atomic E-state index is 11.5. The predicted molar refractivity (Wildman–Crippen MR) is 65.4 cm³/mol. The highest BCUT2D eigenvalue weighted by atomic mass is 32.2. The third kappa shape index (κ3) is 4.19. The van der Waals surface area contributed by atoms with Crippen molar-refractivity contribution < 1.29 is 13.2 Å². The Morgan fingerprint density at radius 2 is 2.25 bits per heavy atom. The van der Waals surface area contributed by atoms with Gasteiger partial charge in [-0.25, -0.2) is 8.42 Å². The summed E-state index contributed by atoms with van der Waals surface area (Å²) in [5.41, 5.74) is 6.02. The molecule has 3 N–H and O–H groups in total. The number of nitrogen functional groups attached to an aromatic ring is 1. The lowest BCUT2D eigenvalue weighted by atomic mass is 10.3. The van der Waals surface area contributed by atoms with Crippen LogP contribution in [0.3, 0.4) is 0 Å². The molecule has 16 heavy (non-hydrogen) atoms. The second-order valence-corrected chi connectivity index (χ2v) is 6.62. The molecule has 0 unspecified atom stereocenters. The fourth-order valence-corrected chi connectivity index (χ4v) is 2.52. The number of thiophene rings is 1. The lowest BCUT2D eigenvalue weighted by molar-refractivity contribution is 0.0958. The number of amides is 1. The van der Waals surface area contributed by atoms with Crippen molar-refractivity contribution in [1.29, 1.82) is 0 Å². The second kappa shape index (κ2) is 5.31. The minimum Gasteiger partial charge on any atom is -0.397 e. The van der Waals surface area contributed by atoms with E-state index in [1.807, 2.05) is 0 Å². The van der Waals surface area contributed by atoms with Gasteiger partial charge in [-0.05, 0) is 17.9 Å². The molecule has 1 aromatic rings. The molecule has 1 amide bonds. The van der Waals surface area contributed by atoms with E-state index in [1.54, 1.807) is 11.4 Å². The quantitative estimate of drug-likeness (QED) is 0.756. The maximum atomic E-state index is 11.5. The Bertz CT molecular complexity index is 465. The van der Waals surface area contributed by atoms with Gasteiger partial charge < -0.3 is 11.1 Å². The van der Waals surface area contributed by atoms with Crippen molar-refractivity contribution in [1.82, 2.24) is 5.32 Å². The molecule has 7 heteroatoms. The van der Waals surface area contributed by atoms with Gasteiger partial charge in [0.15, 0.2) is 0 Å². The lowest BCUT2D eigenvalue weighted by Crippen LogP contribution is -2.25. The van der Waals surface area contributed by atoms with Gasteiger partial charge in [0.05, 0.1) is 11.4 Å². The first-order valence-electron chi connectivity index (χ1n) is 4.69. The van der Waals surface area contributed by atoms with Crippen LogP contribution in [0.4, 0.5) is 5.69 Å². The zero-order valence-corrected chi connectivity index (χ0v) is 10.5. The number of nitrogens with one attached hydrogen (secondary N) is 1. The molecule has 1 rings (SSSR count). The van der Waals surface area contributed by atoms with Gasteiger partial charge in [-0.2, -0.15) is 0 Å². The van der Waals surface area contributed by atoms with Crippen molar-refractivity contribution in [2.45, 2.75) is 6.42 Å². The fraction of sp³-hybridized carbons (Fsp3) is 0.444. The van der Waals surface area contributed by atoms with E-state index in [0.717, 1.165) is 0 Å². The largest absolute Gasteiger partial charge is 0.397 e. The molecule has 0 saturated carbocycles. The molecule has 0 aromatic carbocycles. The number of rotatable bonds is 5. The molecule has 0 aliphatic carbocycles. The number of anilines is 1. The van der Waals surface area contributed by atoms with Gasteiger partial charge in [0.2, 0.25) is 0 Å². The van der Waals surface area contributed by atoms with Crippen molar-refractivity contribution in [3.05, 3.63) is 16.3 Å². The number of hydrogen-bond acceptors (Lipinski definition) is 5. The Kier molecular flexibility index (Phi) is 4.31. The van der Waals surface area contributed by atoms with Crippen LogP contribution >= 0.6 is 11.3 Å². The number of sulfone groups is 1. The summed E-state index contributed by atoms with van der Waals surface area (Å²) in [7, 11) is -2.96. The second-order valence-electron chi connectivity index (χ2n) is 3.44. The molecule has 0 bridgehead atoms. The highest BCUT2D eigenvalue weighted by Gasteiger charge is 2.10. The van der Waals surface area contributed by atoms with Gasteiger partial charge in [-0.1, -0.05) is 0 Å². The smallest absolute Gasteiger partial charge is 0.263 e. The molecule has 90 valence electrons. The molecule has 0 radical (unpaired) electrons. The minimum absolute atomic E-state index is 0.0766. The van der Waals surface area contributed by atoms with Crippen LogP contribution in [0.5, 0.6) is 0 Å². The molecule has 0 fully saturated rings. The highest BCUT2D eigenvalue weighted by molar-refractivity contribution is 7.90. The topological polar surface area (TPSA) is 89.3 Å². The Labute approximate surface area is 98.6 Å². The van der Waals surface area contributed by atoms with E-state index in [-0.39, 0.29) is 11.7 Å². The van der Waals surface area contributed by atoms with E-state index in [9.17, 15) is 13.2 Å². The zero-order chi connectivity index (χ0) is 12.2. The predicted octanol–water partition coefficient (Wildman–Crippen LogP) is 0.495. The molecule has 1 heterocycles. The Hall–Kier alpha value is -1.08. The number of hydrogen-bond donors (Lipinski definition) is 2. The number of nitrogens with two attached hydrogens (primary N) is 1. The van der Waals surface area contributed by atoms with Gasteiger partial charge in [0.1, 0.15) is 14.7 Å². The van der Waals surface area contributed by atoms with Gasteiger partial charge in [-0.15, -0.1) is 11.3 Å². The third-order valence-electron chi connectivity index (χ3n) is 1.88. The number of carbonyl (C=O) groups is 1. The lowest BCUT2D eigenvalue weighted by Gasteiger charge is -2.03. The average Bonchev–Trinajstić information content (AvgIpc) is 2.57. The first-order valence-corrected chi connectivity index (χ1v) is 7.63. The van der Waals surface area contributed by atoms with Crippen LogP contribution in [0, 0.1) is 0 Å². The summed E-state index contributed by atoms with van der Waals surface area (Å²) in [5.74, 6) is -0.172. The van der Waals surface area contributed by atoms with E-state index in [1.165, 1.54) is 17.6 Å². The molecule has 0 atom stereocenters.